The minimum Gasteiger partial charge on any atom is -0.479 e. The molecule has 17 heavy (non-hydrogen) atoms. The van der Waals surface area contributed by atoms with Crippen molar-refractivity contribution in [2.24, 2.45) is 0 Å². The molecule has 1 aliphatic rings. The van der Waals surface area contributed by atoms with Gasteiger partial charge in [-0.2, -0.15) is 0 Å². The number of carbonyl (C=O) groups excluding carboxylic acids is 3. The molecular weight excluding hydrogens is 234 g/mol. The summed E-state index contributed by atoms with van der Waals surface area (Å²) in [5.74, 6) is -2.17. The van der Waals surface area contributed by atoms with Crippen LogP contribution in [0.1, 0.15) is 6.42 Å². The number of nitrogens with zero attached hydrogens (tertiary/aromatic N) is 1. The van der Waals surface area contributed by atoms with Gasteiger partial charge in [-0.15, -0.1) is 0 Å². The summed E-state index contributed by atoms with van der Waals surface area (Å²) in [7, 11) is 1.31. The number of likely N-dealkylation sites (N-methyl/N-ethyl adjacent to an activating group) is 1. The van der Waals surface area contributed by atoms with Crippen molar-refractivity contribution in [1.29, 1.82) is 0 Å². The van der Waals surface area contributed by atoms with Crippen LogP contribution in [0.5, 0.6) is 0 Å². The van der Waals surface area contributed by atoms with Crippen LogP contribution in [0.2, 0.25) is 0 Å². The predicted molar refractivity (Wildman–Crippen MR) is 51.4 cm³/mol. The Labute approximate surface area is 95.7 Å². The Morgan fingerprint density at radius 3 is 2.65 bits per heavy atom. The fourth-order valence-electron chi connectivity index (χ4n) is 1.22. The quantitative estimate of drug-likeness (QED) is 0.391. The minimum atomic E-state index is -1.25. The Balaban J connectivity index is 2.35. The highest BCUT2D eigenvalue weighted by Gasteiger charge is 2.36. The average molecular weight is 245 g/mol. The molecule has 0 saturated carbocycles. The van der Waals surface area contributed by atoms with Gasteiger partial charge in [-0.1, -0.05) is 0 Å². The van der Waals surface area contributed by atoms with Crippen molar-refractivity contribution in [3.63, 3.8) is 0 Å². The number of hydroxylamine groups is 1. The Kier molecular flexibility index (Phi) is 3.99. The zero-order chi connectivity index (χ0) is 13.0. The third-order valence-corrected chi connectivity index (χ3v) is 2.05. The van der Waals surface area contributed by atoms with Crippen LogP contribution in [0.15, 0.2) is 0 Å². The second-order valence-electron chi connectivity index (χ2n) is 3.31. The highest BCUT2D eigenvalue weighted by Crippen LogP contribution is 2.09. The van der Waals surface area contributed by atoms with E-state index >= 15 is 0 Å². The summed E-state index contributed by atoms with van der Waals surface area (Å²) in [6, 6.07) is -1.83. The van der Waals surface area contributed by atoms with Crippen molar-refractivity contribution in [3.05, 3.63) is 0 Å². The molecule has 1 aliphatic heterocycles. The number of rotatable bonds is 4. The zero-order valence-electron chi connectivity index (χ0n) is 8.93. The number of likely N-dealkylation sites (tertiary alicyclic amines) is 1. The summed E-state index contributed by atoms with van der Waals surface area (Å²) in [5, 5.41) is 10.4. The summed E-state index contributed by atoms with van der Waals surface area (Å²) in [6.07, 6.45) is -0.123. The second-order valence-corrected chi connectivity index (χ2v) is 3.31. The van der Waals surface area contributed by atoms with E-state index in [-0.39, 0.29) is 6.42 Å². The van der Waals surface area contributed by atoms with E-state index in [1.54, 1.807) is 5.48 Å². The number of hydrogen-bond donors (Lipinski definition) is 3. The number of urea groups is 1. The van der Waals surface area contributed by atoms with Gasteiger partial charge in [0.25, 0.3) is 5.91 Å². The summed E-state index contributed by atoms with van der Waals surface area (Å²) in [6.45, 7) is -0.704. The van der Waals surface area contributed by atoms with E-state index in [2.05, 4.69) is 10.2 Å². The molecule has 9 heteroatoms. The molecule has 0 bridgehead atoms. The van der Waals surface area contributed by atoms with Gasteiger partial charge < -0.3 is 10.4 Å². The van der Waals surface area contributed by atoms with Crippen LogP contribution in [0.3, 0.4) is 0 Å². The molecule has 94 valence electrons. The van der Waals surface area contributed by atoms with Crippen LogP contribution >= 0.6 is 0 Å². The number of imide groups is 1. The number of hydrogen-bond acceptors (Lipinski definition) is 5. The Hall–Kier alpha value is -2.16. The first-order valence-electron chi connectivity index (χ1n) is 4.62. The lowest BCUT2D eigenvalue weighted by Crippen LogP contribution is -2.45. The number of amides is 4. The van der Waals surface area contributed by atoms with Crippen molar-refractivity contribution in [3.8, 4) is 0 Å². The van der Waals surface area contributed by atoms with Crippen LogP contribution in [-0.2, 0) is 19.2 Å². The maximum Gasteiger partial charge on any atom is 0.339 e. The second kappa shape index (κ2) is 5.25. The topological polar surface area (TPSA) is 125 Å². The summed E-state index contributed by atoms with van der Waals surface area (Å²) in [4.78, 5) is 48.8. The molecule has 0 radical (unpaired) electrons. The molecule has 1 rings (SSSR count). The first kappa shape index (κ1) is 12.9. The van der Waals surface area contributed by atoms with E-state index in [0.29, 0.717) is 0 Å². The van der Waals surface area contributed by atoms with Crippen LogP contribution < -0.4 is 10.8 Å². The van der Waals surface area contributed by atoms with Crippen LogP contribution in [0.4, 0.5) is 4.79 Å². The molecular formula is C8H11N3O6. The molecule has 0 aromatic carbocycles. The SMILES string of the molecule is CN1C(=O)CC(NC(=O)NOCC(=O)O)C1=O. The van der Waals surface area contributed by atoms with E-state index in [9.17, 15) is 19.2 Å². The third-order valence-electron chi connectivity index (χ3n) is 2.05. The number of nitrogens with one attached hydrogen (secondary N) is 2. The molecule has 0 aromatic rings. The zero-order valence-corrected chi connectivity index (χ0v) is 8.93. The third kappa shape index (κ3) is 3.41. The van der Waals surface area contributed by atoms with Gasteiger partial charge >= 0.3 is 12.0 Å². The lowest BCUT2D eigenvalue weighted by atomic mass is 10.2. The van der Waals surface area contributed by atoms with Crippen molar-refractivity contribution in [2.45, 2.75) is 12.5 Å². The first-order valence-corrected chi connectivity index (χ1v) is 4.62. The van der Waals surface area contributed by atoms with Crippen molar-refractivity contribution < 1.29 is 29.1 Å². The molecule has 3 N–H and O–H groups in total. The van der Waals surface area contributed by atoms with E-state index in [1.807, 2.05) is 0 Å². The molecule has 4 amide bonds. The van der Waals surface area contributed by atoms with Crippen molar-refractivity contribution >= 4 is 23.8 Å². The molecule has 0 aromatic heterocycles. The smallest absolute Gasteiger partial charge is 0.339 e. The van der Waals surface area contributed by atoms with E-state index in [1.165, 1.54) is 7.05 Å². The van der Waals surface area contributed by atoms with E-state index < -0.39 is 36.5 Å². The standard InChI is InChI=1S/C8H11N3O6/c1-11-5(12)2-4(7(11)15)9-8(16)10-17-3-6(13)14/h4H,2-3H2,1H3,(H,13,14)(H2,9,10,16). The first-order chi connectivity index (χ1) is 7.91. The van der Waals surface area contributed by atoms with Gasteiger partial charge in [0, 0.05) is 7.05 Å². The molecule has 1 saturated heterocycles. The van der Waals surface area contributed by atoms with E-state index in [4.69, 9.17) is 5.11 Å². The predicted octanol–water partition coefficient (Wildman–Crippen LogP) is -1.94. The monoisotopic (exact) mass is 245 g/mol. The summed E-state index contributed by atoms with van der Waals surface area (Å²) in [5.41, 5.74) is 1.78. The largest absolute Gasteiger partial charge is 0.479 e. The minimum absolute atomic E-state index is 0.123. The molecule has 1 heterocycles. The van der Waals surface area contributed by atoms with Crippen LogP contribution in [0, 0.1) is 0 Å². The summed E-state index contributed by atoms with van der Waals surface area (Å²) < 4.78 is 0. The van der Waals surface area contributed by atoms with Crippen LogP contribution in [0.25, 0.3) is 0 Å². The lowest BCUT2D eigenvalue weighted by molar-refractivity contribution is -0.144. The number of carbonyl (C=O) groups is 4. The molecule has 1 atom stereocenters. The fraction of sp³-hybridized carbons (Fsp3) is 0.500. The van der Waals surface area contributed by atoms with Gasteiger partial charge in [-0.25, -0.2) is 15.1 Å². The van der Waals surface area contributed by atoms with Crippen molar-refractivity contribution in [1.82, 2.24) is 15.7 Å². The van der Waals surface area contributed by atoms with Crippen molar-refractivity contribution in [2.75, 3.05) is 13.7 Å². The number of carboxylic acid groups (broad SMARTS) is 1. The fourth-order valence-corrected chi connectivity index (χ4v) is 1.22. The highest BCUT2D eigenvalue weighted by atomic mass is 16.7. The maximum atomic E-state index is 11.4. The normalized spacial score (nSPS) is 19.4. The molecule has 1 unspecified atom stereocenters. The van der Waals surface area contributed by atoms with Gasteiger partial charge in [0.05, 0.1) is 6.42 Å². The molecule has 9 nitrogen and oxygen atoms in total. The maximum absolute atomic E-state index is 11.4. The molecule has 0 aliphatic carbocycles. The van der Waals surface area contributed by atoms with Crippen LogP contribution in [-0.4, -0.2) is 53.5 Å². The number of carboxylic acids is 1. The van der Waals surface area contributed by atoms with Gasteiger partial charge in [-0.3, -0.25) is 19.3 Å². The highest BCUT2D eigenvalue weighted by molar-refractivity contribution is 6.06. The van der Waals surface area contributed by atoms with Gasteiger partial charge in [0.15, 0.2) is 6.61 Å². The Morgan fingerprint density at radius 2 is 2.18 bits per heavy atom. The summed E-state index contributed by atoms with van der Waals surface area (Å²) >= 11 is 0. The van der Waals surface area contributed by atoms with Gasteiger partial charge in [0.1, 0.15) is 6.04 Å². The molecule has 1 fully saturated rings. The van der Waals surface area contributed by atoms with Gasteiger partial charge in [-0.05, 0) is 0 Å². The van der Waals surface area contributed by atoms with E-state index in [0.717, 1.165) is 4.90 Å². The molecule has 0 spiro atoms. The average Bonchev–Trinajstić information content (AvgIpc) is 2.46. The van der Waals surface area contributed by atoms with Gasteiger partial charge in [0.2, 0.25) is 5.91 Å². The Morgan fingerprint density at radius 1 is 1.53 bits per heavy atom. The Bertz CT molecular complexity index is 368. The number of aliphatic carboxylic acids is 1. The lowest BCUT2D eigenvalue weighted by Gasteiger charge is -2.11.